The number of esters is 1. The first-order valence-electron chi connectivity index (χ1n) is 9.96. The van der Waals surface area contributed by atoms with E-state index < -0.39 is 0 Å². The molecule has 0 radical (unpaired) electrons. The number of pyridine rings is 1. The number of carbonyl (C=O) groups excluding carboxylic acids is 1. The van der Waals surface area contributed by atoms with Crippen molar-refractivity contribution in [2.24, 2.45) is 0 Å². The normalized spacial score (nSPS) is 13.9. The average molecular weight is 388 g/mol. The Bertz CT molecular complexity index is 1130. The van der Waals surface area contributed by atoms with Crippen molar-refractivity contribution in [3.63, 3.8) is 0 Å². The highest BCUT2D eigenvalue weighted by Gasteiger charge is 2.16. The van der Waals surface area contributed by atoms with E-state index in [4.69, 9.17) is 4.74 Å². The van der Waals surface area contributed by atoms with Crippen LogP contribution in [-0.2, 0) is 17.9 Å². The number of aryl methyl sites for hydroxylation is 1. The first-order valence-corrected chi connectivity index (χ1v) is 9.96. The van der Waals surface area contributed by atoms with Crippen molar-refractivity contribution >= 4 is 22.4 Å². The minimum Gasteiger partial charge on any atom is -0.457 e. The van der Waals surface area contributed by atoms with Crippen LogP contribution >= 0.6 is 0 Å². The summed E-state index contributed by atoms with van der Waals surface area (Å²) in [6, 6.07) is 16.8. The molecule has 0 fully saturated rings. The quantitative estimate of drug-likeness (QED) is 0.676. The molecule has 2 aromatic carbocycles. The third-order valence-electron chi connectivity index (χ3n) is 5.29. The number of hydrogen-bond donors (Lipinski definition) is 1. The summed E-state index contributed by atoms with van der Waals surface area (Å²) in [6.45, 7) is 4.42. The Kier molecular flexibility index (Phi) is 5.58. The highest BCUT2D eigenvalue weighted by Crippen LogP contribution is 2.28. The smallest absolute Gasteiger partial charge is 0.338 e. The standard InChI is InChI=1S/C24H24N2O3/c1-2-26-22-9-8-19(24(28)29-16-17-6-4-3-5-7-17)14-21(22)20(15-23(26)27)18-10-12-25-13-11-18/h3-10,14-15,25H,2,11-13,16H2,1H3. The highest BCUT2D eigenvalue weighted by molar-refractivity contribution is 5.98. The van der Waals surface area contributed by atoms with Crippen LogP contribution in [-0.4, -0.2) is 23.6 Å². The van der Waals surface area contributed by atoms with E-state index in [1.165, 1.54) is 0 Å². The highest BCUT2D eigenvalue weighted by atomic mass is 16.5. The van der Waals surface area contributed by atoms with Crippen LogP contribution in [0.3, 0.4) is 0 Å². The van der Waals surface area contributed by atoms with E-state index in [0.717, 1.165) is 47.1 Å². The minimum atomic E-state index is -0.366. The van der Waals surface area contributed by atoms with E-state index in [-0.39, 0.29) is 18.1 Å². The van der Waals surface area contributed by atoms with Crippen LogP contribution in [0.5, 0.6) is 0 Å². The molecule has 0 amide bonds. The molecule has 0 bridgehead atoms. The number of carbonyl (C=O) groups is 1. The molecule has 5 heteroatoms. The molecule has 0 saturated heterocycles. The number of hydrogen-bond acceptors (Lipinski definition) is 4. The second-order valence-electron chi connectivity index (χ2n) is 7.12. The van der Waals surface area contributed by atoms with Crippen molar-refractivity contribution in [3.05, 3.63) is 87.7 Å². The van der Waals surface area contributed by atoms with Gasteiger partial charge in [0.2, 0.25) is 0 Å². The number of nitrogens with zero attached hydrogens (tertiary/aromatic N) is 1. The Morgan fingerprint density at radius 3 is 2.69 bits per heavy atom. The zero-order valence-electron chi connectivity index (χ0n) is 16.5. The molecule has 0 unspecified atom stereocenters. The molecule has 0 atom stereocenters. The van der Waals surface area contributed by atoms with Gasteiger partial charge in [0, 0.05) is 24.5 Å². The second-order valence-corrected chi connectivity index (χ2v) is 7.12. The number of rotatable bonds is 5. The average Bonchev–Trinajstić information content (AvgIpc) is 2.78. The Hall–Kier alpha value is -3.18. The summed E-state index contributed by atoms with van der Waals surface area (Å²) in [7, 11) is 0. The molecule has 0 saturated carbocycles. The van der Waals surface area contributed by atoms with Crippen LogP contribution in [0, 0.1) is 0 Å². The van der Waals surface area contributed by atoms with Crippen LogP contribution in [0.25, 0.3) is 16.5 Å². The molecule has 0 spiro atoms. The van der Waals surface area contributed by atoms with Gasteiger partial charge in [-0.15, -0.1) is 0 Å². The summed E-state index contributed by atoms with van der Waals surface area (Å²) >= 11 is 0. The molecule has 4 rings (SSSR count). The summed E-state index contributed by atoms with van der Waals surface area (Å²) in [5.74, 6) is -0.366. The number of fused-ring (bicyclic) bond motifs is 1. The van der Waals surface area contributed by atoms with Crippen LogP contribution in [0.2, 0.25) is 0 Å². The van der Waals surface area contributed by atoms with Crippen LogP contribution in [0.4, 0.5) is 0 Å². The predicted octanol–water partition coefficient (Wildman–Crippen LogP) is 3.76. The number of ether oxygens (including phenoxy) is 1. The molecule has 1 aliphatic heterocycles. The number of benzene rings is 2. The lowest BCUT2D eigenvalue weighted by Crippen LogP contribution is -2.23. The maximum Gasteiger partial charge on any atom is 0.338 e. The van der Waals surface area contributed by atoms with E-state index in [1.807, 2.05) is 49.4 Å². The van der Waals surface area contributed by atoms with E-state index in [2.05, 4.69) is 11.4 Å². The van der Waals surface area contributed by atoms with Crippen molar-refractivity contribution in [1.29, 1.82) is 0 Å². The van der Waals surface area contributed by atoms with Crippen molar-refractivity contribution in [1.82, 2.24) is 9.88 Å². The van der Waals surface area contributed by atoms with Crippen molar-refractivity contribution in [2.75, 3.05) is 13.1 Å². The molecule has 148 valence electrons. The molecule has 5 nitrogen and oxygen atoms in total. The lowest BCUT2D eigenvalue weighted by molar-refractivity contribution is 0.0473. The predicted molar refractivity (Wildman–Crippen MR) is 115 cm³/mol. The SMILES string of the molecule is CCn1c(=O)cc(C2=CCNCC2)c2cc(C(=O)OCc3ccccc3)ccc21. The lowest BCUT2D eigenvalue weighted by atomic mass is 9.95. The molecule has 0 aliphatic carbocycles. The molecule has 3 aromatic rings. The lowest BCUT2D eigenvalue weighted by Gasteiger charge is -2.18. The van der Waals surface area contributed by atoms with Gasteiger partial charge in [0.15, 0.2) is 0 Å². The van der Waals surface area contributed by atoms with Crippen LogP contribution in [0.1, 0.15) is 34.8 Å². The zero-order chi connectivity index (χ0) is 20.2. The fourth-order valence-corrected chi connectivity index (χ4v) is 3.78. The molecule has 2 heterocycles. The van der Waals surface area contributed by atoms with Crippen LogP contribution in [0.15, 0.2) is 65.5 Å². The Balaban J connectivity index is 1.73. The molecular formula is C24H24N2O3. The van der Waals surface area contributed by atoms with Crippen molar-refractivity contribution in [3.8, 4) is 0 Å². The summed E-state index contributed by atoms with van der Waals surface area (Å²) in [6.07, 6.45) is 2.97. The first-order chi connectivity index (χ1) is 14.2. The molecule has 1 N–H and O–H groups in total. The largest absolute Gasteiger partial charge is 0.457 e. The second kappa shape index (κ2) is 8.45. The Labute approximate surface area is 169 Å². The van der Waals surface area contributed by atoms with Gasteiger partial charge in [-0.1, -0.05) is 36.4 Å². The van der Waals surface area contributed by atoms with Gasteiger partial charge in [0.25, 0.3) is 5.56 Å². The van der Waals surface area contributed by atoms with E-state index >= 15 is 0 Å². The van der Waals surface area contributed by atoms with Gasteiger partial charge in [-0.2, -0.15) is 0 Å². The number of nitrogens with one attached hydrogen (secondary N) is 1. The van der Waals surface area contributed by atoms with Gasteiger partial charge < -0.3 is 14.6 Å². The monoisotopic (exact) mass is 388 g/mol. The Morgan fingerprint density at radius 2 is 1.97 bits per heavy atom. The molecular weight excluding hydrogens is 364 g/mol. The maximum atomic E-state index is 12.7. The fourth-order valence-electron chi connectivity index (χ4n) is 3.78. The fraction of sp³-hybridized carbons (Fsp3) is 0.250. The maximum absolute atomic E-state index is 12.7. The molecule has 1 aromatic heterocycles. The van der Waals surface area contributed by atoms with E-state index in [0.29, 0.717) is 12.1 Å². The number of aromatic nitrogens is 1. The van der Waals surface area contributed by atoms with Crippen molar-refractivity contribution < 1.29 is 9.53 Å². The van der Waals surface area contributed by atoms with Gasteiger partial charge in [0.05, 0.1) is 11.1 Å². The molecule has 1 aliphatic rings. The van der Waals surface area contributed by atoms with Gasteiger partial charge in [-0.05, 0) is 54.8 Å². The van der Waals surface area contributed by atoms with Gasteiger partial charge >= 0.3 is 5.97 Å². The summed E-state index contributed by atoms with van der Waals surface area (Å²) in [5.41, 5.74) is 4.31. The third-order valence-corrected chi connectivity index (χ3v) is 5.29. The van der Waals surface area contributed by atoms with Crippen LogP contribution < -0.4 is 10.9 Å². The van der Waals surface area contributed by atoms with E-state index in [9.17, 15) is 9.59 Å². The Morgan fingerprint density at radius 1 is 1.14 bits per heavy atom. The van der Waals surface area contributed by atoms with Crippen molar-refractivity contribution in [2.45, 2.75) is 26.5 Å². The minimum absolute atomic E-state index is 0.0196. The van der Waals surface area contributed by atoms with Gasteiger partial charge in [0.1, 0.15) is 6.61 Å². The summed E-state index contributed by atoms with van der Waals surface area (Å²) in [5, 5.41) is 4.21. The molecule has 29 heavy (non-hydrogen) atoms. The first kappa shape index (κ1) is 19.2. The summed E-state index contributed by atoms with van der Waals surface area (Å²) in [4.78, 5) is 25.3. The summed E-state index contributed by atoms with van der Waals surface area (Å²) < 4.78 is 7.23. The third kappa shape index (κ3) is 4.00. The topological polar surface area (TPSA) is 60.3 Å². The van der Waals surface area contributed by atoms with Gasteiger partial charge in [-0.25, -0.2) is 4.79 Å². The zero-order valence-corrected chi connectivity index (χ0v) is 16.5. The van der Waals surface area contributed by atoms with Gasteiger partial charge in [-0.3, -0.25) is 4.79 Å². The van der Waals surface area contributed by atoms with E-state index in [1.54, 1.807) is 16.7 Å².